The van der Waals surface area contributed by atoms with E-state index in [-0.39, 0.29) is 5.97 Å². The van der Waals surface area contributed by atoms with Gasteiger partial charge in [0.05, 0.1) is 6.61 Å². The van der Waals surface area contributed by atoms with Crippen molar-refractivity contribution in [2.75, 3.05) is 13.2 Å². The summed E-state index contributed by atoms with van der Waals surface area (Å²) < 4.78 is 5.15. The first kappa shape index (κ1) is 16.0. The van der Waals surface area contributed by atoms with E-state index >= 15 is 0 Å². The number of benzene rings is 2. The van der Waals surface area contributed by atoms with Crippen LogP contribution in [0.5, 0.6) is 0 Å². The molecule has 0 bridgehead atoms. The number of hydrogen-bond donors (Lipinski definition) is 1. The topological polar surface area (TPSA) is 38.3 Å². The van der Waals surface area contributed by atoms with Crippen LogP contribution in [0.1, 0.15) is 24.1 Å². The summed E-state index contributed by atoms with van der Waals surface area (Å²) in [6, 6.07) is 19.2. The van der Waals surface area contributed by atoms with Gasteiger partial charge in [-0.1, -0.05) is 72.8 Å². The van der Waals surface area contributed by atoms with Gasteiger partial charge in [0.25, 0.3) is 0 Å². The van der Waals surface area contributed by atoms with E-state index in [1.807, 2.05) is 79.7 Å². The number of nitrogens with one attached hydrogen (secondary N) is 1. The van der Waals surface area contributed by atoms with Crippen LogP contribution in [0, 0.1) is 0 Å². The largest absolute Gasteiger partial charge is 0.465 e. The molecule has 3 heteroatoms. The van der Waals surface area contributed by atoms with Gasteiger partial charge in [-0.15, -0.1) is 0 Å². The standard InChI is InChI=1S/C19H21NO2/c1-2-22-19(21)18(17-13-7-4-8-14-17)20-15-9-12-16-10-5-3-6-11-16/h3-14,18,20H,2,15H2,1H3/b12-9+. The normalized spacial score (nSPS) is 12.2. The lowest BCUT2D eigenvalue weighted by Crippen LogP contribution is -2.30. The Kier molecular flexibility index (Phi) is 6.39. The highest BCUT2D eigenvalue weighted by molar-refractivity contribution is 5.77. The Bertz CT molecular complexity index is 593. The van der Waals surface area contributed by atoms with Gasteiger partial charge < -0.3 is 4.74 Å². The first-order valence-corrected chi connectivity index (χ1v) is 7.48. The van der Waals surface area contributed by atoms with Gasteiger partial charge in [0, 0.05) is 6.54 Å². The van der Waals surface area contributed by atoms with Gasteiger partial charge in [0.2, 0.25) is 0 Å². The maximum absolute atomic E-state index is 12.1. The van der Waals surface area contributed by atoms with Crippen LogP contribution in [0.3, 0.4) is 0 Å². The third-order valence-corrected chi connectivity index (χ3v) is 3.20. The second kappa shape index (κ2) is 8.80. The molecule has 0 radical (unpaired) electrons. The molecule has 0 aliphatic heterocycles. The van der Waals surface area contributed by atoms with Crippen molar-refractivity contribution >= 4 is 12.0 Å². The fraction of sp³-hybridized carbons (Fsp3) is 0.211. The quantitative estimate of drug-likeness (QED) is 0.793. The van der Waals surface area contributed by atoms with Crippen molar-refractivity contribution in [3.8, 4) is 0 Å². The maximum Gasteiger partial charge on any atom is 0.327 e. The van der Waals surface area contributed by atoms with E-state index in [1.165, 1.54) is 0 Å². The van der Waals surface area contributed by atoms with E-state index in [9.17, 15) is 4.79 Å². The summed E-state index contributed by atoms with van der Waals surface area (Å²) in [6.07, 6.45) is 4.03. The van der Waals surface area contributed by atoms with Crippen molar-refractivity contribution in [3.63, 3.8) is 0 Å². The lowest BCUT2D eigenvalue weighted by molar-refractivity contribution is -0.145. The van der Waals surface area contributed by atoms with E-state index in [0.717, 1.165) is 11.1 Å². The smallest absolute Gasteiger partial charge is 0.327 e. The Morgan fingerprint density at radius 1 is 1.09 bits per heavy atom. The van der Waals surface area contributed by atoms with Crippen LogP contribution < -0.4 is 5.32 Å². The van der Waals surface area contributed by atoms with Crippen molar-refractivity contribution in [3.05, 3.63) is 77.9 Å². The fourth-order valence-electron chi connectivity index (χ4n) is 2.15. The predicted octanol–water partition coefficient (Wildman–Crippen LogP) is 3.59. The Morgan fingerprint density at radius 3 is 2.36 bits per heavy atom. The molecule has 2 aromatic carbocycles. The molecule has 1 atom stereocenters. The van der Waals surface area contributed by atoms with Crippen LogP contribution in [0.2, 0.25) is 0 Å². The molecule has 1 N–H and O–H groups in total. The number of rotatable bonds is 7. The zero-order chi connectivity index (χ0) is 15.6. The van der Waals surface area contributed by atoms with Crippen molar-refractivity contribution in [1.82, 2.24) is 5.32 Å². The number of carbonyl (C=O) groups excluding carboxylic acids is 1. The van der Waals surface area contributed by atoms with Crippen molar-refractivity contribution in [2.45, 2.75) is 13.0 Å². The van der Waals surface area contributed by atoms with E-state index in [0.29, 0.717) is 13.2 Å². The molecule has 1 unspecified atom stereocenters. The number of ether oxygens (including phenoxy) is 1. The summed E-state index contributed by atoms with van der Waals surface area (Å²) in [5, 5.41) is 3.23. The minimum Gasteiger partial charge on any atom is -0.465 e. The Morgan fingerprint density at radius 2 is 1.73 bits per heavy atom. The van der Waals surface area contributed by atoms with Crippen molar-refractivity contribution < 1.29 is 9.53 Å². The fourth-order valence-corrected chi connectivity index (χ4v) is 2.15. The highest BCUT2D eigenvalue weighted by Crippen LogP contribution is 2.14. The van der Waals surface area contributed by atoms with Gasteiger partial charge in [-0.05, 0) is 18.1 Å². The number of carbonyl (C=O) groups is 1. The zero-order valence-corrected chi connectivity index (χ0v) is 12.7. The lowest BCUT2D eigenvalue weighted by Gasteiger charge is -2.16. The molecular formula is C19H21NO2. The Labute approximate surface area is 131 Å². The molecule has 0 aromatic heterocycles. The molecule has 3 nitrogen and oxygen atoms in total. The van der Waals surface area contributed by atoms with Crippen LogP contribution in [-0.2, 0) is 9.53 Å². The van der Waals surface area contributed by atoms with E-state index < -0.39 is 6.04 Å². The average Bonchev–Trinajstić information content (AvgIpc) is 2.57. The average molecular weight is 295 g/mol. The summed E-state index contributed by atoms with van der Waals surface area (Å²) >= 11 is 0. The first-order chi connectivity index (χ1) is 10.8. The summed E-state index contributed by atoms with van der Waals surface area (Å²) in [7, 11) is 0. The molecule has 0 aliphatic carbocycles. The zero-order valence-electron chi connectivity index (χ0n) is 12.7. The summed E-state index contributed by atoms with van der Waals surface area (Å²) in [6.45, 7) is 2.78. The highest BCUT2D eigenvalue weighted by atomic mass is 16.5. The molecule has 0 aliphatic rings. The van der Waals surface area contributed by atoms with E-state index in [1.54, 1.807) is 0 Å². The Balaban J connectivity index is 1.98. The van der Waals surface area contributed by atoms with Gasteiger partial charge in [-0.25, -0.2) is 4.79 Å². The van der Waals surface area contributed by atoms with Gasteiger partial charge in [0.15, 0.2) is 0 Å². The second-order valence-corrected chi connectivity index (χ2v) is 4.82. The third-order valence-electron chi connectivity index (χ3n) is 3.20. The van der Waals surface area contributed by atoms with E-state index in [4.69, 9.17) is 4.74 Å². The van der Waals surface area contributed by atoms with E-state index in [2.05, 4.69) is 5.32 Å². The molecule has 2 aromatic rings. The molecule has 114 valence electrons. The molecule has 22 heavy (non-hydrogen) atoms. The van der Waals surface area contributed by atoms with Crippen LogP contribution in [0.4, 0.5) is 0 Å². The van der Waals surface area contributed by atoms with Crippen LogP contribution in [0.25, 0.3) is 6.08 Å². The van der Waals surface area contributed by atoms with Crippen LogP contribution >= 0.6 is 0 Å². The molecule has 0 fully saturated rings. The van der Waals surface area contributed by atoms with Crippen LogP contribution in [-0.4, -0.2) is 19.1 Å². The lowest BCUT2D eigenvalue weighted by atomic mass is 10.1. The summed E-state index contributed by atoms with van der Waals surface area (Å²) in [4.78, 5) is 12.1. The van der Waals surface area contributed by atoms with Crippen molar-refractivity contribution in [1.29, 1.82) is 0 Å². The monoisotopic (exact) mass is 295 g/mol. The predicted molar refractivity (Wildman–Crippen MR) is 89.3 cm³/mol. The number of hydrogen-bond acceptors (Lipinski definition) is 3. The molecular weight excluding hydrogens is 274 g/mol. The number of esters is 1. The molecule has 0 saturated carbocycles. The van der Waals surface area contributed by atoms with Gasteiger partial charge in [-0.2, -0.15) is 0 Å². The molecule has 0 saturated heterocycles. The van der Waals surface area contributed by atoms with Gasteiger partial charge >= 0.3 is 5.97 Å². The minimum absolute atomic E-state index is 0.248. The summed E-state index contributed by atoms with van der Waals surface area (Å²) in [5.41, 5.74) is 2.05. The van der Waals surface area contributed by atoms with Crippen LogP contribution in [0.15, 0.2) is 66.7 Å². The van der Waals surface area contributed by atoms with Gasteiger partial charge in [-0.3, -0.25) is 5.32 Å². The Hall–Kier alpha value is -2.39. The molecule has 0 heterocycles. The molecule has 2 rings (SSSR count). The third kappa shape index (κ3) is 4.86. The van der Waals surface area contributed by atoms with Crippen molar-refractivity contribution in [2.24, 2.45) is 0 Å². The maximum atomic E-state index is 12.1. The first-order valence-electron chi connectivity index (χ1n) is 7.48. The van der Waals surface area contributed by atoms with Gasteiger partial charge in [0.1, 0.15) is 6.04 Å². The minimum atomic E-state index is -0.443. The second-order valence-electron chi connectivity index (χ2n) is 4.82. The highest BCUT2D eigenvalue weighted by Gasteiger charge is 2.20. The SMILES string of the molecule is CCOC(=O)C(NC/C=C/c1ccccc1)c1ccccc1. The molecule has 0 amide bonds. The summed E-state index contributed by atoms with van der Waals surface area (Å²) in [5.74, 6) is -0.248. The molecule has 0 spiro atoms.